The lowest BCUT2D eigenvalue weighted by Gasteiger charge is -2.10. The fourth-order valence-corrected chi connectivity index (χ4v) is 1.09. The van der Waals surface area contributed by atoms with Gasteiger partial charge in [0.1, 0.15) is 0 Å². The quantitative estimate of drug-likeness (QED) is 0.777. The first-order chi connectivity index (χ1) is 6.80. The van der Waals surface area contributed by atoms with Crippen LogP contribution in [0.25, 0.3) is 0 Å². The van der Waals surface area contributed by atoms with Crippen molar-refractivity contribution in [3.8, 4) is 0 Å². The van der Waals surface area contributed by atoms with Gasteiger partial charge in [-0.05, 0) is 18.2 Å². The molecule has 0 aliphatic heterocycles. The van der Waals surface area contributed by atoms with Gasteiger partial charge in [-0.25, -0.2) is 4.79 Å². The molecular weight excluding hydrogens is 233 g/mol. The molecule has 1 aromatic carbocycles. The average molecular weight is 239 g/mol. The summed E-state index contributed by atoms with van der Waals surface area (Å²) in [6.07, 6.45) is -4.49. The number of hydrogen-bond donors (Lipinski definition) is 2. The Hall–Kier alpha value is -1.43. The Bertz CT molecular complexity index is 392. The van der Waals surface area contributed by atoms with E-state index in [4.69, 9.17) is 17.3 Å². The normalized spacial score (nSPS) is 11.2. The first-order valence-electron chi connectivity index (χ1n) is 3.74. The number of halogens is 4. The Morgan fingerprint density at radius 2 is 2.00 bits per heavy atom. The minimum absolute atomic E-state index is 0.0122. The van der Waals surface area contributed by atoms with Crippen LogP contribution >= 0.6 is 11.6 Å². The lowest BCUT2D eigenvalue weighted by molar-refractivity contribution is -0.137. The molecule has 0 aliphatic carbocycles. The Kier molecular flexibility index (Phi) is 3.09. The largest absolute Gasteiger partial charge is 0.416 e. The van der Waals surface area contributed by atoms with E-state index in [0.717, 1.165) is 12.1 Å². The van der Waals surface area contributed by atoms with Crippen LogP contribution in [-0.2, 0) is 6.18 Å². The van der Waals surface area contributed by atoms with Crippen LogP contribution in [0.2, 0.25) is 5.02 Å². The molecule has 1 aromatic rings. The summed E-state index contributed by atoms with van der Waals surface area (Å²) >= 11 is 5.55. The number of carbonyl (C=O) groups is 1. The van der Waals surface area contributed by atoms with Crippen LogP contribution in [0.3, 0.4) is 0 Å². The standard InChI is InChI=1S/C8H6ClF3N2O/c9-5-2-1-4(8(10,11)12)3-6(5)14-7(13)15/h1-3H,(H3,13,14,15). The van der Waals surface area contributed by atoms with Crippen molar-refractivity contribution < 1.29 is 18.0 Å². The predicted octanol–water partition coefficient (Wildman–Crippen LogP) is 2.85. The Morgan fingerprint density at radius 3 is 2.47 bits per heavy atom. The van der Waals surface area contributed by atoms with E-state index in [1.54, 1.807) is 0 Å². The molecule has 3 nitrogen and oxygen atoms in total. The molecule has 0 radical (unpaired) electrons. The van der Waals surface area contributed by atoms with Crippen molar-refractivity contribution in [2.45, 2.75) is 6.18 Å². The predicted molar refractivity (Wildman–Crippen MR) is 49.7 cm³/mol. The van der Waals surface area contributed by atoms with Gasteiger partial charge in [-0.2, -0.15) is 13.2 Å². The number of nitrogens with one attached hydrogen (secondary N) is 1. The number of benzene rings is 1. The molecule has 0 unspecified atom stereocenters. The fourth-order valence-electron chi connectivity index (χ4n) is 0.930. The minimum Gasteiger partial charge on any atom is -0.351 e. The Labute approximate surface area is 88.0 Å². The molecule has 0 heterocycles. The van der Waals surface area contributed by atoms with E-state index in [1.807, 2.05) is 5.32 Å². The highest BCUT2D eigenvalue weighted by Gasteiger charge is 2.31. The molecule has 0 saturated heterocycles. The first kappa shape index (κ1) is 11.6. The van der Waals surface area contributed by atoms with Gasteiger partial charge < -0.3 is 11.1 Å². The van der Waals surface area contributed by atoms with E-state index in [0.29, 0.717) is 6.07 Å². The van der Waals surface area contributed by atoms with E-state index in [9.17, 15) is 18.0 Å². The van der Waals surface area contributed by atoms with Gasteiger partial charge >= 0.3 is 12.2 Å². The van der Waals surface area contributed by atoms with Crippen LogP contribution in [-0.4, -0.2) is 6.03 Å². The van der Waals surface area contributed by atoms with E-state index in [1.165, 1.54) is 0 Å². The van der Waals surface area contributed by atoms with Gasteiger partial charge in [-0.1, -0.05) is 11.6 Å². The summed E-state index contributed by atoms with van der Waals surface area (Å²) in [5.41, 5.74) is 3.69. The number of anilines is 1. The monoisotopic (exact) mass is 238 g/mol. The number of rotatable bonds is 1. The van der Waals surface area contributed by atoms with E-state index in [2.05, 4.69) is 0 Å². The van der Waals surface area contributed by atoms with Crippen molar-refractivity contribution in [1.29, 1.82) is 0 Å². The van der Waals surface area contributed by atoms with Crippen molar-refractivity contribution in [3.05, 3.63) is 28.8 Å². The van der Waals surface area contributed by atoms with Gasteiger partial charge in [0.25, 0.3) is 0 Å². The number of hydrogen-bond acceptors (Lipinski definition) is 1. The van der Waals surface area contributed by atoms with Crippen LogP contribution in [0, 0.1) is 0 Å². The molecule has 7 heteroatoms. The molecule has 2 amide bonds. The molecule has 0 fully saturated rings. The minimum atomic E-state index is -4.49. The molecule has 0 bridgehead atoms. The number of urea groups is 1. The number of nitrogens with two attached hydrogens (primary N) is 1. The van der Waals surface area contributed by atoms with Crippen molar-refractivity contribution in [2.75, 3.05) is 5.32 Å². The third-order valence-electron chi connectivity index (χ3n) is 1.55. The number of carbonyl (C=O) groups excluding carboxylic acids is 1. The zero-order valence-corrected chi connectivity index (χ0v) is 7.99. The van der Waals surface area contributed by atoms with Crippen LogP contribution in [0.15, 0.2) is 18.2 Å². The fraction of sp³-hybridized carbons (Fsp3) is 0.125. The van der Waals surface area contributed by atoms with Crippen LogP contribution in [0.4, 0.5) is 23.7 Å². The third kappa shape index (κ3) is 3.02. The molecule has 0 saturated carbocycles. The van der Waals surface area contributed by atoms with Gasteiger partial charge in [-0.15, -0.1) is 0 Å². The summed E-state index contributed by atoms with van der Waals surface area (Å²) in [5, 5.41) is 1.98. The SMILES string of the molecule is NC(=O)Nc1cc(C(F)(F)F)ccc1Cl. The number of primary amides is 1. The maximum Gasteiger partial charge on any atom is 0.416 e. The van der Waals surface area contributed by atoms with E-state index < -0.39 is 17.8 Å². The summed E-state index contributed by atoms with van der Waals surface area (Å²) in [7, 11) is 0. The maximum absolute atomic E-state index is 12.2. The molecule has 82 valence electrons. The van der Waals surface area contributed by atoms with Crippen molar-refractivity contribution in [2.24, 2.45) is 5.73 Å². The highest BCUT2D eigenvalue weighted by molar-refractivity contribution is 6.33. The zero-order chi connectivity index (χ0) is 11.6. The van der Waals surface area contributed by atoms with Crippen molar-refractivity contribution in [3.63, 3.8) is 0 Å². The van der Waals surface area contributed by atoms with Crippen LogP contribution in [0.5, 0.6) is 0 Å². The summed E-state index contributed by atoms with van der Waals surface area (Å²) in [4.78, 5) is 10.5. The molecule has 0 aromatic heterocycles. The van der Waals surface area contributed by atoms with Gasteiger partial charge in [0.2, 0.25) is 0 Å². The molecule has 0 spiro atoms. The topological polar surface area (TPSA) is 55.1 Å². The molecule has 0 atom stereocenters. The molecule has 15 heavy (non-hydrogen) atoms. The second-order valence-electron chi connectivity index (χ2n) is 2.68. The molecular formula is C8H6ClF3N2O. The smallest absolute Gasteiger partial charge is 0.351 e. The molecule has 0 aliphatic rings. The van der Waals surface area contributed by atoms with Gasteiger partial charge in [0.05, 0.1) is 16.3 Å². The number of alkyl halides is 3. The van der Waals surface area contributed by atoms with Crippen molar-refractivity contribution in [1.82, 2.24) is 0 Å². The summed E-state index contributed by atoms with van der Waals surface area (Å²) in [6, 6.07) is 1.59. The van der Waals surface area contributed by atoms with Crippen LogP contribution in [0.1, 0.15) is 5.56 Å². The summed E-state index contributed by atoms with van der Waals surface area (Å²) in [6.45, 7) is 0. The summed E-state index contributed by atoms with van der Waals surface area (Å²) in [5.74, 6) is 0. The van der Waals surface area contributed by atoms with Gasteiger partial charge in [-0.3, -0.25) is 0 Å². The lowest BCUT2D eigenvalue weighted by atomic mass is 10.2. The van der Waals surface area contributed by atoms with E-state index >= 15 is 0 Å². The zero-order valence-electron chi connectivity index (χ0n) is 7.23. The average Bonchev–Trinajstić information content (AvgIpc) is 2.06. The third-order valence-corrected chi connectivity index (χ3v) is 1.88. The highest BCUT2D eigenvalue weighted by Crippen LogP contribution is 2.33. The first-order valence-corrected chi connectivity index (χ1v) is 4.11. The Morgan fingerprint density at radius 1 is 1.40 bits per heavy atom. The van der Waals surface area contributed by atoms with Crippen LogP contribution < -0.4 is 11.1 Å². The van der Waals surface area contributed by atoms with Gasteiger partial charge in [0, 0.05) is 0 Å². The summed E-state index contributed by atoms with van der Waals surface area (Å²) < 4.78 is 36.7. The Balaban J connectivity index is 3.11. The van der Waals surface area contributed by atoms with Gasteiger partial charge in [0.15, 0.2) is 0 Å². The number of amides is 2. The van der Waals surface area contributed by atoms with E-state index in [-0.39, 0.29) is 10.7 Å². The second kappa shape index (κ2) is 3.98. The maximum atomic E-state index is 12.2. The highest BCUT2D eigenvalue weighted by atomic mass is 35.5. The lowest BCUT2D eigenvalue weighted by Crippen LogP contribution is -2.20. The second-order valence-corrected chi connectivity index (χ2v) is 3.09. The van der Waals surface area contributed by atoms with Crippen molar-refractivity contribution >= 4 is 23.3 Å². The molecule has 3 N–H and O–H groups in total. The molecule has 1 rings (SSSR count).